The Labute approximate surface area is 142 Å². The number of halogens is 1. The molecule has 2 N–H and O–H groups in total. The highest BCUT2D eigenvalue weighted by atomic mass is 35.5. The molecule has 0 atom stereocenters. The zero-order valence-corrected chi connectivity index (χ0v) is 13.5. The number of aromatic hydroxyl groups is 1. The fraction of sp³-hybridized carbons (Fsp3) is 0.118. The highest BCUT2D eigenvalue weighted by molar-refractivity contribution is 6.30. The Morgan fingerprint density at radius 3 is 2.75 bits per heavy atom. The van der Waals surface area contributed by atoms with Crippen LogP contribution in [0, 0.1) is 0 Å². The molecule has 0 saturated heterocycles. The van der Waals surface area contributed by atoms with Gasteiger partial charge in [0.2, 0.25) is 0 Å². The number of carbonyl (C=O) groups is 1. The van der Waals surface area contributed by atoms with Gasteiger partial charge in [0.1, 0.15) is 11.3 Å². The van der Waals surface area contributed by atoms with E-state index in [1.165, 1.54) is 10.8 Å². The highest BCUT2D eigenvalue weighted by Gasteiger charge is 2.20. The van der Waals surface area contributed by atoms with E-state index in [1.54, 1.807) is 43.4 Å². The summed E-state index contributed by atoms with van der Waals surface area (Å²) < 4.78 is 1.34. The fourth-order valence-corrected chi connectivity index (χ4v) is 2.57. The van der Waals surface area contributed by atoms with Crippen LogP contribution in [0.25, 0.3) is 10.9 Å². The summed E-state index contributed by atoms with van der Waals surface area (Å²) in [7, 11) is 1.56. The van der Waals surface area contributed by atoms with Crippen molar-refractivity contribution in [3.63, 3.8) is 0 Å². The third-order valence-corrected chi connectivity index (χ3v) is 3.95. The second-order valence-electron chi connectivity index (χ2n) is 5.26. The lowest BCUT2D eigenvalue weighted by molar-refractivity contribution is 0.0946. The Bertz CT molecular complexity index is 981. The number of pyridine rings is 2. The van der Waals surface area contributed by atoms with Crippen LogP contribution in [0.4, 0.5) is 0 Å². The van der Waals surface area contributed by atoms with Crippen LogP contribution < -0.4 is 10.9 Å². The molecule has 0 spiro atoms. The lowest BCUT2D eigenvalue weighted by Gasteiger charge is -2.11. The van der Waals surface area contributed by atoms with Gasteiger partial charge in [0.05, 0.1) is 22.8 Å². The summed E-state index contributed by atoms with van der Waals surface area (Å²) in [6.45, 7) is 0.116. The Balaban J connectivity index is 1.95. The van der Waals surface area contributed by atoms with E-state index < -0.39 is 11.5 Å². The van der Waals surface area contributed by atoms with Crippen molar-refractivity contribution >= 4 is 28.4 Å². The minimum atomic E-state index is -0.657. The second kappa shape index (κ2) is 6.33. The van der Waals surface area contributed by atoms with Crippen molar-refractivity contribution in [3.05, 3.63) is 69.2 Å². The van der Waals surface area contributed by atoms with Gasteiger partial charge in [0.25, 0.3) is 11.5 Å². The summed E-state index contributed by atoms with van der Waals surface area (Å²) in [5, 5.41) is 13.9. The molecular weight excluding hydrogens is 330 g/mol. The van der Waals surface area contributed by atoms with E-state index in [9.17, 15) is 14.7 Å². The monoisotopic (exact) mass is 343 g/mol. The fourth-order valence-electron chi connectivity index (χ4n) is 2.45. The van der Waals surface area contributed by atoms with Crippen LogP contribution in [-0.4, -0.2) is 20.6 Å². The molecule has 24 heavy (non-hydrogen) atoms. The van der Waals surface area contributed by atoms with Crippen LogP contribution in [0.15, 0.2) is 47.4 Å². The van der Waals surface area contributed by atoms with Gasteiger partial charge in [-0.25, -0.2) is 0 Å². The van der Waals surface area contributed by atoms with E-state index in [-0.39, 0.29) is 17.9 Å². The first-order valence-electron chi connectivity index (χ1n) is 7.18. The van der Waals surface area contributed by atoms with Crippen LogP contribution in [0.2, 0.25) is 5.02 Å². The van der Waals surface area contributed by atoms with Crippen molar-refractivity contribution in [1.82, 2.24) is 14.9 Å². The van der Waals surface area contributed by atoms with Crippen LogP contribution in [0.3, 0.4) is 0 Å². The molecule has 1 aromatic carbocycles. The van der Waals surface area contributed by atoms with E-state index in [0.29, 0.717) is 21.6 Å². The molecule has 7 heteroatoms. The molecule has 2 heterocycles. The molecular formula is C17H14ClN3O3. The van der Waals surface area contributed by atoms with Gasteiger partial charge in [-0.1, -0.05) is 23.7 Å². The predicted octanol–water partition coefficient (Wildman–Crippen LogP) is 2.22. The summed E-state index contributed by atoms with van der Waals surface area (Å²) in [6, 6.07) is 10.2. The Kier molecular flexibility index (Phi) is 4.22. The van der Waals surface area contributed by atoms with Crippen LogP contribution >= 0.6 is 11.6 Å². The van der Waals surface area contributed by atoms with Gasteiger partial charge in [0, 0.05) is 18.6 Å². The highest BCUT2D eigenvalue weighted by Crippen LogP contribution is 2.25. The molecule has 6 nitrogen and oxygen atoms in total. The van der Waals surface area contributed by atoms with E-state index in [2.05, 4.69) is 10.3 Å². The number of amides is 1. The van der Waals surface area contributed by atoms with Gasteiger partial charge < -0.3 is 15.0 Å². The molecule has 1 amide bonds. The minimum absolute atomic E-state index is 0.116. The number of carbonyl (C=O) groups excluding carboxylic acids is 1. The van der Waals surface area contributed by atoms with Crippen molar-refractivity contribution in [2.45, 2.75) is 6.54 Å². The maximum Gasteiger partial charge on any atom is 0.267 e. The maximum absolute atomic E-state index is 12.4. The third-order valence-electron chi connectivity index (χ3n) is 3.72. The van der Waals surface area contributed by atoms with Crippen molar-refractivity contribution < 1.29 is 9.90 Å². The van der Waals surface area contributed by atoms with Crippen LogP contribution in [0.5, 0.6) is 5.75 Å². The predicted molar refractivity (Wildman–Crippen MR) is 91.3 cm³/mol. The molecule has 0 radical (unpaired) electrons. The maximum atomic E-state index is 12.4. The van der Waals surface area contributed by atoms with E-state index in [0.717, 1.165) is 0 Å². The number of aryl methyl sites for hydroxylation is 1. The van der Waals surface area contributed by atoms with Crippen LogP contribution in [-0.2, 0) is 13.6 Å². The summed E-state index contributed by atoms with van der Waals surface area (Å²) in [5.41, 5.74) is 0.290. The Hall–Kier alpha value is -2.86. The van der Waals surface area contributed by atoms with Crippen molar-refractivity contribution in [2.75, 3.05) is 0 Å². The van der Waals surface area contributed by atoms with E-state index in [4.69, 9.17) is 11.6 Å². The van der Waals surface area contributed by atoms with Gasteiger partial charge in [0.15, 0.2) is 0 Å². The lowest BCUT2D eigenvalue weighted by Crippen LogP contribution is -2.32. The number of aromatic nitrogens is 2. The standard InChI is InChI=1S/C17H14ClN3O3/c1-21-13-5-3-2-4-12(13)15(22)14(17(21)24)16(23)20-9-11-7-6-10(18)8-19-11/h2-8,22H,9H2,1H3,(H,20,23). The number of benzene rings is 1. The molecule has 0 bridgehead atoms. The average Bonchev–Trinajstić information content (AvgIpc) is 2.59. The Morgan fingerprint density at radius 2 is 2.04 bits per heavy atom. The quantitative estimate of drug-likeness (QED) is 0.763. The zero-order chi connectivity index (χ0) is 17.3. The third kappa shape index (κ3) is 2.83. The van der Waals surface area contributed by atoms with Gasteiger partial charge in [-0.3, -0.25) is 14.6 Å². The van der Waals surface area contributed by atoms with E-state index >= 15 is 0 Å². The van der Waals surface area contributed by atoms with Crippen LogP contribution in [0.1, 0.15) is 16.1 Å². The SMILES string of the molecule is Cn1c(=O)c(C(=O)NCc2ccc(Cl)cn2)c(O)c2ccccc21. The number of nitrogens with zero attached hydrogens (tertiary/aromatic N) is 2. The number of hydrogen-bond donors (Lipinski definition) is 2. The number of fused-ring (bicyclic) bond motifs is 1. The average molecular weight is 344 g/mol. The molecule has 3 rings (SSSR count). The van der Waals surface area contributed by atoms with Crippen molar-refractivity contribution in [3.8, 4) is 5.75 Å². The zero-order valence-electron chi connectivity index (χ0n) is 12.8. The van der Waals surface area contributed by atoms with Gasteiger partial charge in [-0.15, -0.1) is 0 Å². The van der Waals surface area contributed by atoms with Crippen molar-refractivity contribution in [2.24, 2.45) is 7.05 Å². The van der Waals surface area contributed by atoms with Gasteiger partial charge in [-0.2, -0.15) is 0 Å². The number of nitrogens with one attached hydrogen (secondary N) is 1. The first kappa shape index (κ1) is 16.0. The van der Waals surface area contributed by atoms with E-state index in [1.807, 2.05) is 0 Å². The molecule has 0 fully saturated rings. The molecule has 0 aliphatic heterocycles. The summed E-state index contributed by atoms with van der Waals surface area (Å²) in [6.07, 6.45) is 1.47. The molecule has 0 aliphatic rings. The Morgan fingerprint density at radius 1 is 1.29 bits per heavy atom. The second-order valence-corrected chi connectivity index (χ2v) is 5.69. The summed E-state index contributed by atoms with van der Waals surface area (Å²) >= 11 is 5.76. The minimum Gasteiger partial charge on any atom is -0.506 e. The normalized spacial score (nSPS) is 10.8. The van der Waals surface area contributed by atoms with Gasteiger partial charge in [-0.05, 0) is 24.3 Å². The van der Waals surface area contributed by atoms with Gasteiger partial charge >= 0.3 is 0 Å². The topological polar surface area (TPSA) is 84.2 Å². The summed E-state index contributed by atoms with van der Waals surface area (Å²) in [4.78, 5) is 28.9. The molecule has 0 saturated carbocycles. The first-order chi connectivity index (χ1) is 11.5. The lowest BCUT2D eigenvalue weighted by atomic mass is 10.1. The number of hydrogen-bond acceptors (Lipinski definition) is 4. The smallest absolute Gasteiger partial charge is 0.267 e. The largest absolute Gasteiger partial charge is 0.506 e. The van der Waals surface area contributed by atoms with Crippen molar-refractivity contribution in [1.29, 1.82) is 0 Å². The molecule has 0 aliphatic carbocycles. The number of rotatable bonds is 3. The molecule has 2 aromatic heterocycles. The summed E-state index contributed by atoms with van der Waals surface area (Å²) in [5.74, 6) is -0.981. The molecule has 3 aromatic rings. The first-order valence-corrected chi connectivity index (χ1v) is 7.56. The number of para-hydroxylation sites is 1. The molecule has 0 unspecified atom stereocenters. The molecule has 122 valence electrons.